The molecular weight excluding hydrogens is 170 g/mol. The minimum Gasteiger partial charge on any atom is -1.00 e. The largest absolute Gasteiger partial charge is 1.00 e. The van der Waals surface area contributed by atoms with E-state index in [1.165, 1.54) is 0 Å². The average Bonchev–Trinajstić information content (AvgIpc) is 1.00. The van der Waals surface area contributed by atoms with Gasteiger partial charge in [0.2, 0.25) is 0 Å². The summed E-state index contributed by atoms with van der Waals surface area (Å²) in [4.78, 5) is 0. The van der Waals surface area contributed by atoms with Crippen molar-refractivity contribution in [3.05, 3.63) is 0 Å². The van der Waals surface area contributed by atoms with Crippen LogP contribution in [0, 0.1) is 0 Å². The molecule has 0 aliphatic heterocycles. The number of halogens is 1. The molecule has 7 heavy (non-hydrogen) atoms. The SMILES string of the molecule is O.O.O.OF.[H-].[K+].[Ti]. The maximum absolute atomic E-state index is 8.50. The topological polar surface area (TPSA) is 115 Å². The summed E-state index contributed by atoms with van der Waals surface area (Å²) in [6, 6.07) is 0. The minimum absolute atomic E-state index is 0. The van der Waals surface area contributed by atoms with Gasteiger partial charge in [-0.3, -0.25) is 0 Å². The van der Waals surface area contributed by atoms with Crippen LogP contribution in [0.4, 0.5) is 4.53 Å². The predicted molar refractivity (Wildman–Crippen MR) is 15.3 cm³/mol. The van der Waals surface area contributed by atoms with Crippen LogP contribution >= 0.6 is 0 Å². The molecule has 0 bridgehead atoms. The van der Waals surface area contributed by atoms with Gasteiger partial charge in [-0.25, -0.2) is 5.31 Å². The van der Waals surface area contributed by atoms with Crippen molar-refractivity contribution in [2.24, 2.45) is 0 Å². The van der Waals surface area contributed by atoms with Crippen LogP contribution in [0.25, 0.3) is 0 Å². The summed E-state index contributed by atoms with van der Waals surface area (Å²) in [5, 5.41) is 5.50. The predicted octanol–water partition coefficient (Wildman–Crippen LogP) is -5.50. The van der Waals surface area contributed by atoms with Gasteiger partial charge in [-0.15, -0.1) is 0 Å². The first-order valence-corrected chi connectivity index (χ1v) is 0.169. The van der Waals surface area contributed by atoms with E-state index in [4.69, 9.17) is 9.84 Å². The standard InChI is InChI=1S/FHO.K.3H2O.Ti.H/c1-2;;;;;;/h2H;;3*1H2;;/q;+1;;;;;-1. The van der Waals surface area contributed by atoms with Crippen molar-refractivity contribution in [2.45, 2.75) is 0 Å². The van der Waals surface area contributed by atoms with E-state index in [1.54, 1.807) is 0 Å². The molecule has 7 N–H and O–H groups in total. The summed E-state index contributed by atoms with van der Waals surface area (Å²) in [6.45, 7) is 0. The Morgan fingerprint density at radius 3 is 1.00 bits per heavy atom. The molecule has 44 valence electrons. The third kappa shape index (κ3) is 67.6. The Kier molecular flexibility index (Phi) is 808. The quantitative estimate of drug-likeness (QED) is 0.366. The second kappa shape index (κ2) is 91.6. The third-order valence-corrected chi connectivity index (χ3v) is 0. The molecule has 0 rings (SSSR count). The van der Waals surface area contributed by atoms with Gasteiger partial charge in [0.15, 0.2) is 0 Å². The Morgan fingerprint density at radius 2 is 1.00 bits per heavy atom. The maximum Gasteiger partial charge on any atom is 1.00 e. The smallest absolute Gasteiger partial charge is 1.00 e. The summed E-state index contributed by atoms with van der Waals surface area (Å²) in [6.07, 6.45) is 0. The van der Waals surface area contributed by atoms with Crippen LogP contribution in [-0.4, -0.2) is 21.7 Å². The van der Waals surface area contributed by atoms with Gasteiger partial charge in [0.05, 0.1) is 0 Å². The molecule has 0 aromatic carbocycles. The Labute approximate surface area is 99.1 Å². The van der Waals surface area contributed by atoms with Crippen molar-refractivity contribution in [3.63, 3.8) is 0 Å². The number of hydrogen-bond acceptors (Lipinski definition) is 1. The van der Waals surface area contributed by atoms with Crippen LogP contribution in [0.15, 0.2) is 0 Å². The van der Waals surface area contributed by atoms with Gasteiger partial charge in [0, 0.05) is 21.7 Å². The first kappa shape index (κ1) is 61.8. The number of hydrogen-bond donors (Lipinski definition) is 1. The van der Waals surface area contributed by atoms with Crippen LogP contribution in [0.1, 0.15) is 1.43 Å². The van der Waals surface area contributed by atoms with Crippen molar-refractivity contribution < 1.29 is 101 Å². The van der Waals surface area contributed by atoms with E-state index in [2.05, 4.69) is 0 Å². The van der Waals surface area contributed by atoms with Gasteiger partial charge in [-0.2, -0.15) is 0 Å². The molecular formula is H8FKO4Ti. The van der Waals surface area contributed by atoms with Gasteiger partial charge in [0.25, 0.3) is 0 Å². The second-order valence-electron chi connectivity index (χ2n) is 0. The van der Waals surface area contributed by atoms with Crippen LogP contribution in [0.3, 0.4) is 0 Å². The van der Waals surface area contributed by atoms with Gasteiger partial charge in [0.1, 0.15) is 0 Å². The summed E-state index contributed by atoms with van der Waals surface area (Å²) in [5.74, 6) is 0. The maximum atomic E-state index is 8.50. The molecule has 0 saturated heterocycles. The van der Waals surface area contributed by atoms with Gasteiger partial charge in [-0.1, -0.05) is 4.53 Å². The Hall–Kier alpha value is 2.12. The van der Waals surface area contributed by atoms with Crippen LogP contribution in [-0.2, 0) is 21.7 Å². The third-order valence-electron chi connectivity index (χ3n) is 0. The average molecular weight is 178 g/mol. The molecule has 0 atom stereocenters. The molecule has 0 aliphatic carbocycles. The van der Waals surface area contributed by atoms with Crippen molar-refractivity contribution in [1.82, 2.24) is 0 Å². The molecule has 0 saturated carbocycles. The molecule has 0 amide bonds. The van der Waals surface area contributed by atoms with Crippen molar-refractivity contribution >= 4 is 0 Å². The fourth-order valence-electron chi connectivity index (χ4n) is 0. The molecule has 0 aromatic heterocycles. The van der Waals surface area contributed by atoms with Crippen LogP contribution in [0.2, 0.25) is 0 Å². The summed E-state index contributed by atoms with van der Waals surface area (Å²) >= 11 is 0. The van der Waals surface area contributed by atoms with Crippen molar-refractivity contribution in [2.75, 3.05) is 0 Å². The van der Waals surface area contributed by atoms with E-state index in [0.29, 0.717) is 0 Å². The molecule has 0 unspecified atom stereocenters. The van der Waals surface area contributed by atoms with E-state index >= 15 is 0 Å². The Bertz CT molecular complexity index is 16.0. The normalized spacial score (nSPS) is 0.857. The number of rotatable bonds is 0. The van der Waals surface area contributed by atoms with Gasteiger partial charge in [-0.05, 0) is 0 Å². The summed E-state index contributed by atoms with van der Waals surface area (Å²) in [7, 11) is 0. The van der Waals surface area contributed by atoms with Gasteiger partial charge >= 0.3 is 51.4 Å². The first-order valence-electron chi connectivity index (χ1n) is 0.169. The van der Waals surface area contributed by atoms with E-state index in [9.17, 15) is 0 Å². The van der Waals surface area contributed by atoms with E-state index in [0.717, 1.165) is 0 Å². The summed E-state index contributed by atoms with van der Waals surface area (Å²) in [5.41, 5.74) is 0. The van der Waals surface area contributed by atoms with E-state index in [1.807, 2.05) is 0 Å². The molecule has 0 radical (unpaired) electrons. The van der Waals surface area contributed by atoms with E-state index in [-0.39, 0.29) is 91.0 Å². The molecule has 0 fully saturated rings. The zero-order valence-corrected chi connectivity index (χ0v) is 8.51. The molecule has 7 heteroatoms. The van der Waals surface area contributed by atoms with Crippen molar-refractivity contribution in [3.8, 4) is 0 Å². The first-order chi connectivity index (χ1) is 1.00. The van der Waals surface area contributed by atoms with Crippen LogP contribution in [0.5, 0.6) is 0 Å². The fourth-order valence-corrected chi connectivity index (χ4v) is 0. The minimum atomic E-state index is 0. The Morgan fingerprint density at radius 1 is 1.00 bits per heavy atom. The van der Waals surface area contributed by atoms with Crippen molar-refractivity contribution in [1.29, 1.82) is 0 Å². The zero-order chi connectivity index (χ0) is 2.00. The molecule has 0 aromatic rings. The Balaban J connectivity index is -0.000000000333. The molecule has 0 heterocycles. The van der Waals surface area contributed by atoms with Gasteiger partial charge < -0.3 is 17.9 Å². The van der Waals surface area contributed by atoms with Crippen LogP contribution < -0.4 is 51.4 Å². The zero-order valence-electron chi connectivity index (χ0n) is 4.83. The molecule has 0 aliphatic rings. The fraction of sp³-hybridized carbons (Fsp3) is 0. The molecule has 4 nitrogen and oxygen atoms in total. The second-order valence-corrected chi connectivity index (χ2v) is 0. The summed E-state index contributed by atoms with van der Waals surface area (Å²) < 4.78 is 8.50. The van der Waals surface area contributed by atoms with E-state index < -0.39 is 0 Å². The molecule has 0 spiro atoms. The monoisotopic (exact) mass is 178 g/mol.